The lowest BCUT2D eigenvalue weighted by atomic mass is 9.99. The molecule has 4 rings (SSSR count). The number of rotatable bonds is 5. The minimum Gasteiger partial charge on any atom is -0.381 e. The van der Waals surface area contributed by atoms with E-state index >= 15 is 0 Å². The minimum absolute atomic E-state index is 0.0629. The van der Waals surface area contributed by atoms with E-state index in [0.29, 0.717) is 52.0 Å². The normalized spacial score (nSPS) is 24.5. The standard InChI is InChI=1S/C20H26N4O5/c25-18(15-8-10-28-11-9-15)21-22-19(26)17-7-6-16-12-23(17)20(27)24(16)29-13-14-4-2-1-3-5-14/h1-5,15-17H,6-13H2,(H,21,25)(H,22,26)/t16-,17+/m1/s1. The SMILES string of the molecule is O=C(NNC(=O)[C@@H]1CC[C@@H]2CN1C(=O)N2OCc1ccccc1)C1CCOCC1. The molecule has 1 aromatic carbocycles. The number of hydrazine groups is 1. The molecule has 0 saturated carbocycles. The smallest absolute Gasteiger partial charge is 0.345 e. The molecule has 2 bridgehead atoms. The van der Waals surface area contributed by atoms with Crippen molar-refractivity contribution in [3.63, 3.8) is 0 Å². The number of hydrogen-bond donors (Lipinski definition) is 2. The summed E-state index contributed by atoms with van der Waals surface area (Å²) >= 11 is 0. The van der Waals surface area contributed by atoms with Gasteiger partial charge in [0.2, 0.25) is 5.91 Å². The van der Waals surface area contributed by atoms with Gasteiger partial charge in [-0.25, -0.2) is 4.79 Å². The van der Waals surface area contributed by atoms with Crippen LogP contribution in [-0.4, -0.2) is 59.7 Å². The largest absolute Gasteiger partial charge is 0.381 e. The van der Waals surface area contributed by atoms with Gasteiger partial charge in [-0.3, -0.25) is 25.3 Å². The highest BCUT2D eigenvalue weighted by Gasteiger charge is 2.48. The average molecular weight is 402 g/mol. The lowest BCUT2D eigenvalue weighted by Crippen LogP contribution is -2.55. The maximum absolute atomic E-state index is 12.8. The highest BCUT2D eigenvalue weighted by Crippen LogP contribution is 2.30. The molecule has 0 unspecified atom stereocenters. The van der Waals surface area contributed by atoms with Gasteiger partial charge in [-0.1, -0.05) is 30.3 Å². The lowest BCUT2D eigenvalue weighted by Gasteiger charge is -2.29. The number of carbonyl (C=O) groups is 3. The molecule has 3 fully saturated rings. The van der Waals surface area contributed by atoms with Gasteiger partial charge in [-0.05, 0) is 31.2 Å². The van der Waals surface area contributed by atoms with E-state index in [0.717, 1.165) is 5.56 Å². The first-order chi connectivity index (χ1) is 14.1. The second-order valence-corrected chi connectivity index (χ2v) is 7.63. The third-order valence-electron chi connectivity index (χ3n) is 5.74. The fourth-order valence-electron chi connectivity index (χ4n) is 4.06. The third kappa shape index (κ3) is 4.35. The molecule has 2 N–H and O–H groups in total. The molecule has 3 heterocycles. The van der Waals surface area contributed by atoms with Crippen molar-refractivity contribution in [2.45, 2.75) is 44.4 Å². The molecule has 0 aromatic heterocycles. The molecule has 2 atom stereocenters. The Bertz CT molecular complexity index is 752. The number of nitrogens with zero attached hydrogens (tertiary/aromatic N) is 2. The van der Waals surface area contributed by atoms with Crippen LogP contribution in [0.25, 0.3) is 0 Å². The molecule has 3 aliphatic heterocycles. The topological polar surface area (TPSA) is 100 Å². The Morgan fingerprint density at radius 2 is 1.76 bits per heavy atom. The number of benzene rings is 1. The van der Waals surface area contributed by atoms with Gasteiger partial charge in [0.1, 0.15) is 12.6 Å². The Hall–Kier alpha value is -2.65. The Balaban J connectivity index is 1.29. The predicted octanol–water partition coefficient (Wildman–Crippen LogP) is 0.961. The van der Waals surface area contributed by atoms with Crippen molar-refractivity contribution in [2.24, 2.45) is 5.92 Å². The zero-order valence-corrected chi connectivity index (χ0v) is 16.2. The molecule has 29 heavy (non-hydrogen) atoms. The number of fused-ring (bicyclic) bond motifs is 2. The monoisotopic (exact) mass is 402 g/mol. The molecule has 0 aliphatic carbocycles. The van der Waals surface area contributed by atoms with Crippen molar-refractivity contribution in [3.8, 4) is 0 Å². The summed E-state index contributed by atoms with van der Waals surface area (Å²) in [4.78, 5) is 44.8. The molecule has 0 radical (unpaired) electrons. The third-order valence-corrected chi connectivity index (χ3v) is 5.74. The summed E-state index contributed by atoms with van der Waals surface area (Å²) in [6.07, 6.45) is 2.49. The molecular formula is C20H26N4O5. The van der Waals surface area contributed by atoms with E-state index in [2.05, 4.69) is 10.9 Å². The molecule has 3 saturated heterocycles. The van der Waals surface area contributed by atoms with Gasteiger partial charge in [0.25, 0.3) is 5.91 Å². The molecule has 1 aromatic rings. The molecular weight excluding hydrogens is 376 g/mol. The summed E-state index contributed by atoms with van der Waals surface area (Å²) < 4.78 is 5.25. The molecule has 4 amide bonds. The van der Waals surface area contributed by atoms with Crippen LogP contribution < -0.4 is 10.9 Å². The zero-order chi connectivity index (χ0) is 20.2. The molecule has 9 nitrogen and oxygen atoms in total. The van der Waals surface area contributed by atoms with Crippen LogP contribution in [0.15, 0.2) is 30.3 Å². The number of piperidine rings is 1. The number of urea groups is 1. The molecule has 0 spiro atoms. The van der Waals surface area contributed by atoms with E-state index in [9.17, 15) is 14.4 Å². The predicted molar refractivity (Wildman–Crippen MR) is 102 cm³/mol. The van der Waals surface area contributed by atoms with Crippen LogP contribution in [-0.2, 0) is 25.8 Å². The number of amides is 4. The van der Waals surface area contributed by atoms with E-state index in [1.165, 1.54) is 9.96 Å². The number of nitrogens with one attached hydrogen (secondary N) is 2. The van der Waals surface area contributed by atoms with Gasteiger partial charge in [0.05, 0.1) is 6.04 Å². The van der Waals surface area contributed by atoms with Gasteiger partial charge in [0.15, 0.2) is 0 Å². The number of hydrogen-bond acceptors (Lipinski definition) is 5. The number of carbonyl (C=O) groups excluding carboxylic acids is 3. The van der Waals surface area contributed by atoms with E-state index < -0.39 is 6.04 Å². The first kappa shape index (κ1) is 19.7. The summed E-state index contributed by atoms with van der Waals surface area (Å²) in [6.45, 7) is 1.85. The van der Waals surface area contributed by atoms with Crippen molar-refractivity contribution in [1.29, 1.82) is 0 Å². The van der Waals surface area contributed by atoms with Crippen molar-refractivity contribution < 1.29 is 24.0 Å². The van der Waals surface area contributed by atoms with Crippen LogP contribution in [0.4, 0.5) is 4.79 Å². The molecule has 9 heteroatoms. The first-order valence-electron chi connectivity index (χ1n) is 10.1. The van der Waals surface area contributed by atoms with Crippen LogP contribution in [0.2, 0.25) is 0 Å². The highest BCUT2D eigenvalue weighted by molar-refractivity contribution is 5.90. The lowest BCUT2D eigenvalue weighted by molar-refractivity contribution is -0.140. The van der Waals surface area contributed by atoms with Crippen LogP contribution in [0, 0.1) is 5.92 Å². The van der Waals surface area contributed by atoms with Crippen LogP contribution >= 0.6 is 0 Å². The minimum atomic E-state index is -0.612. The van der Waals surface area contributed by atoms with Gasteiger partial charge in [0, 0.05) is 25.7 Å². The maximum atomic E-state index is 12.8. The Kier molecular flexibility index (Phi) is 5.96. The van der Waals surface area contributed by atoms with Crippen LogP contribution in [0.1, 0.15) is 31.2 Å². The Morgan fingerprint density at radius 1 is 1.03 bits per heavy atom. The van der Waals surface area contributed by atoms with Crippen molar-refractivity contribution in [2.75, 3.05) is 19.8 Å². The fraction of sp³-hybridized carbons (Fsp3) is 0.550. The van der Waals surface area contributed by atoms with Gasteiger partial charge in [-0.2, -0.15) is 5.06 Å². The van der Waals surface area contributed by atoms with Crippen LogP contribution in [0.5, 0.6) is 0 Å². The first-order valence-corrected chi connectivity index (χ1v) is 10.1. The van der Waals surface area contributed by atoms with Crippen molar-refractivity contribution in [1.82, 2.24) is 20.8 Å². The zero-order valence-electron chi connectivity index (χ0n) is 16.2. The molecule has 156 valence electrons. The summed E-state index contributed by atoms with van der Waals surface area (Å²) in [5.74, 6) is -0.742. The Morgan fingerprint density at radius 3 is 2.52 bits per heavy atom. The average Bonchev–Trinajstić information content (AvgIpc) is 3.01. The summed E-state index contributed by atoms with van der Waals surface area (Å²) in [5.41, 5.74) is 5.97. The Labute approximate surface area is 169 Å². The molecule has 3 aliphatic rings. The van der Waals surface area contributed by atoms with Gasteiger partial charge < -0.3 is 9.64 Å². The van der Waals surface area contributed by atoms with E-state index in [4.69, 9.17) is 9.57 Å². The van der Waals surface area contributed by atoms with E-state index in [1.807, 2.05) is 30.3 Å². The maximum Gasteiger partial charge on any atom is 0.345 e. The fourth-order valence-corrected chi connectivity index (χ4v) is 4.06. The van der Waals surface area contributed by atoms with E-state index in [1.54, 1.807) is 0 Å². The summed E-state index contributed by atoms with van der Waals surface area (Å²) in [5, 5.41) is 1.39. The van der Waals surface area contributed by atoms with Crippen LogP contribution in [0.3, 0.4) is 0 Å². The summed E-state index contributed by atoms with van der Waals surface area (Å²) in [7, 11) is 0. The highest BCUT2D eigenvalue weighted by atomic mass is 16.7. The van der Waals surface area contributed by atoms with Crippen molar-refractivity contribution in [3.05, 3.63) is 35.9 Å². The second kappa shape index (κ2) is 8.79. The van der Waals surface area contributed by atoms with Gasteiger partial charge >= 0.3 is 6.03 Å². The van der Waals surface area contributed by atoms with Crippen molar-refractivity contribution >= 4 is 17.8 Å². The number of hydroxylamine groups is 2. The van der Waals surface area contributed by atoms with E-state index in [-0.39, 0.29) is 29.8 Å². The number of ether oxygens (including phenoxy) is 1. The summed E-state index contributed by atoms with van der Waals surface area (Å²) in [6, 6.07) is 8.65. The second-order valence-electron chi connectivity index (χ2n) is 7.63. The quantitative estimate of drug-likeness (QED) is 0.715. The van der Waals surface area contributed by atoms with Gasteiger partial charge in [-0.15, -0.1) is 0 Å².